The van der Waals surface area contributed by atoms with E-state index >= 15 is 0 Å². The van der Waals surface area contributed by atoms with Crippen LogP contribution < -0.4 is 10.3 Å². The number of rotatable bonds is 4. The van der Waals surface area contributed by atoms with Crippen molar-refractivity contribution in [2.24, 2.45) is 0 Å². The van der Waals surface area contributed by atoms with E-state index < -0.39 is 0 Å². The van der Waals surface area contributed by atoms with Gasteiger partial charge in [0.2, 0.25) is 0 Å². The number of nitrogens with zero attached hydrogens (tertiary/aromatic N) is 5. The van der Waals surface area contributed by atoms with Gasteiger partial charge in [-0.25, -0.2) is 4.98 Å². The Balaban J connectivity index is 2.10. The first-order chi connectivity index (χ1) is 11.0. The van der Waals surface area contributed by atoms with Crippen LogP contribution in [0.2, 0.25) is 0 Å². The molecular formula is C16H19N5O2. The molecule has 0 aromatic carbocycles. The molecule has 0 unspecified atom stereocenters. The topological polar surface area (TPSA) is 74.3 Å². The fraction of sp³-hybridized carbons (Fsp3) is 0.375. The standard InChI is InChI=1S/C16H19N5O2/c1-10(2)14-8-15(22)21-16(19-14)18-11(3)20(21)9-12-7-13(23-4)5-6-17-12/h5-8,10H,9H2,1-4H3. The fourth-order valence-corrected chi connectivity index (χ4v) is 2.43. The molecular weight excluding hydrogens is 294 g/mol. The molecule has 0 aliphatic carbocycles. The highest BCUT2D eigenvalue weighted by Crippen LogP contribution is 2.13. The maximum atomic E-state index is 12.5. The highest BCUT2D eigenvalue weighted by atomic mass is 16.5. The van der Waals surface area contributed by atoms with Crippen molar-refractivity contribution in [3.05, 3.63) is 52.0 Å². The second-order valence-electron chi connectivity index (χ2n) is 5.69. The molecule has 0 aliphatic heterocycles. The third kappa shape index (κ3) is 2.81. The van der Waals surface area contributed by atoms with E-state index in [0.29, 0.717) is 18.1 Å². The number of ether oxygens (including phenoxy) is 1. The number of methoxy groups -OCH3 is 1. The van der Waals surface area contributed by atoms with Crippen LogP contribution in [0.4, 0.5) is 0 Å². The second-order valence-corrected chi connectivity index (χ2v) is 5.69. The zero-order chi connectivity index (χ0) is 16.6. The molecule has 7 nitrogen and oxygen atoms in total. The average Bonchev–Trinajstić information content (AvgIpc) is 2.83. The Labute approximate surface area is 133 Å². The van der Waals surface area contributed by atoms with Crippen LogP contribution in [0.3, 0.4) is 0 Å². The van der Waals surface area contributed by atoms with Gasteiger partial charge in [0, 0.05) is 18.3 Å². The molecule has 0 fully saturated rings. The van der Waals surface area contributed by atoms with Gasteiger partial charge < -0.3 is 4.74 Å². The molecule has 120 valence electrons. The Morgan fingerprint density at radius 3 is 2.74 bits per heavy atom. The second kappa shape index (κ2) is 5.83. The van der Waals surface area contributed by atoms with Crippen molar-refractivity contribution >= 4 is 5.78 Å². The molecule has 0 N–H and O–H groups in total. The summed E-state index contributed by atoms with van der Waals surface area (Å²) in [6.07, 6.45) is 1.68. The van der Waals surface area contributed by atoms with Gasteiger partial charge in [-0.05, 0) is 18.9 Å². The molecule has 0 saturated heterocycles. The summed E-state index contributed by atoms with van der Waals surface area (Å²) in [7, 11) is 1.61. The molecule has 3 aromatic heterocycles. The van der Waals surface area contributed by atoms with Crippen molar-refractivity contribution in [2.45, 2.75) is 33.2 Å². The van der Waals surface area contributed by atoms with E-state index in [1.165, 1.54) is 4.52 Å². The van der Waals surface area contributed by atoms with E-state index in [9.17, 15) is 4.79 Å². The van der Waals surface area contributed by atoms with Crippen LogP contribution >= 0.6 is 0 Å². The van der Waals surface area contributed by atoms with E-state index in [1.807, 2.05) is 26.8 Å². The van der Waals surface area contributed by atoms with Crippen LogP contribution in [0, 0.1) is 6.92 Å². The minimum atomic E-state index is -0.137. The molecule has 7 heteroatoms. The average molecular weight is 313 g/mol. The summed E-state index contributed by atoms with van der Waals surface area (Å²) in [6.45, 7) is 6.27. The van der Waals surface area contributed by atoms with Crippen molar-refractivity contribution in [3.63, 3.8) is 0 Å². The van der Waals surface area contributed by atoms with Crippen LogP contribution in [0.1, 0.15) is 37.0 Å². The first-order valence-electron chi connectivity index (χ1n) is 7.45. The first-order valence-corrected chi connectivity index (χ1v) is 7.45. The van der Waals surface area contributed by atoms with Crippen molar-refractivity contribution in [1.29, 1.82) is 0 Å². The lowest BCUT2D eigenvalue weighted by molar-refractivity contribution is 0.413. The molecule has 3 rings (SSSR count). The van der Waals surface area contributed by atoms with Crippen LogP contribution in [-0.2, 0) is 6.54 Å². The molecule has 3 aromatic rings. The van der Waals surface area contributed by atoms with Gasteiger partial charge in [0.05, 0.1) is 25.0 Å². The number of pyridine rings is 1. The third-order valence-corrected chi connectivity index (χ3v) is 3.70. The number of hydrogen-bond donors (Lipinski definition) is 0. The van der Waals surface area contributed by atoms with Crippen molar-refractivity contribution < 1.29 is 4.74 Å². The smallest absolute Gasteiger partial charge is 0.274 e. The Bertz CT molecular complexity index is 910. The minimum absolute atomic E-state index is 0.137. The Morgan fingerprint density at radius 1 is 1.26 bits per heavy atom. The SMILES string of the molecule is COc1ccnc(Cn2c(C)nc3nc(C(C)C)cc(=O)n32)c1. The largest absolute Gasteiger partial charge is 0.497 e. The lowest BCUT2D eigenvalue weighted by Gasteiger charge is -2.09. The zero-order valence-corrected chi connectivity index (χ0v) is 13.6. The van der Waals surface area contributed by atoms with Gasteiger partial charge in [-0.1, -0.05) is 13.8 Å². The predicted octanol–water partition coefficient (Wildman–Crippen LogP) is 1.77. The van der Waals surface area contributed by atoms with E-state index in [4.69, 9.17) is 4.74 Å². The Kier molecular flexibility index (Phi) is 3.85. The Morgan fingerprint density at radius 2 is 2.04 bits per heavy atom. The lowest BCUT2D eigenvalue weighted by atomic mass is 10.1. The quantitative estimate of drug-likeness (QED) is 0.734. The monoisotopic (exact) mass is 313 g/mol. The summed E-state index contributed by atoms with van der Waals surface area (Å²) < 4.78 is 8.47. The minimum Gasteiger partial charge on any atom is -0.497 e. The van der Waals surface area contributed by atoms with E-state index in [0.717, 1.165) is 17.1 Å². The van der Waals surface area contributed by atoms with Gasteiger partial charge in [0.1, 0.15) is 11.6 Å². The van der Waals surface area contributed by atoms with Gasteiger partial charge >= 0.3 is 0 Å². The normalized spacial score (nSPS) is 11.3. The molecule has 0 saturated carbocycles. The predicted molar refractivity (Wildman–Crippen MR) is 86.0 cm³/mol. The number of fused-ring (bicyclic) bond motifs is 1. The van der Waals surface area contributed by atoms with Crippen molar-refractivity contribution in [3.8, 4) is 5.75 Å². The number of aryl methyl sites for hydroxylation is 1. The van der Waals surface area contributed by atoms with E-state index in [2.05, 4.69) is 15.0 Å². The van der Waals surface area contributed by atoms with E-state index in [1.54, 1.807) is 30.1 Å². The maximum Gasteiger partial charge on any atom is 0.274 e. The molecule has 0 aliphatic rings. The summed E-state index contributed by atoms with van der Waals surface area (Å²) >= 11 is 0. The highest BCUT2D eigenvalue weighted by Gasteiger charge is 2.14. The van der Waals surface area contributed by atoms with Gasteiger partial charge in [-0.15, -0.1) is 0 Å². The summed E-state index contributed by atoms with van der Waals surface area (Å²) in [5.74, 6) is 2.03. The fourth-order valence-electron chi connectivity index (χ4n) is 2.43. The lowest BCUT2D eigenvalue weighted by Crippen LogP contribution is -2.23. The summed E-state index contributed by atoms with van der Waals surface area (Å²) in [5.41, 5.74) is 1.40. The van der Waals surface area contributed by atoms with E-state index in [-0.39, 0.29) is 11.5 Å². The molecule has 0 spiro atoms. The molecule has 0 atom stereocenters. The molecule has 3 heterocycles. The zero-order valence-electron chi connectivity index (χ0n) is 13.6. The molecule has 0 radical (unpaired) electrons. The third-order valence-electron chi connectivity index (χ3n) is 3.70. The van der Waals surface area contributed by atoms with Crippen LogP contribution in [-0.4, -0.2) is 31.3 Å². The van der Waals surface area contributed by atoms with Crippen LogP contribution in [0.5, 0.6) is 5.75 Å². The number of hydrogen-bond acceptors (Lipinski definition) is 5. The highest BCUT2D eigenvalue weighted by molar-refractivity contribution is 5.30. The summed E-state index contributed by atoms with van der Waals surface area (Å²) in [6, 6.07) is 5.19. The van der Waals surface area contributed by atoms with Crippen molar-refractivity contribution in [1.82, 2.24) is 24.1 Å². The maximum absolute atomic E-state index is 12.5. The molecule has 0 bridgehead atoms. The first kappa shape index (κ1) is 15.2. The molecule has 23 heavy (non-hydrogen) atoms. The van der Waals surface area contributed by atoms with Gasteiger partial charge in [-0.2, -0.15) is 9.50 Å². The summed E-state index contributed by atoms with van der Waals surface area (Å²) in [5, 5.41) is 0. The van der Waals surface area contributed by atoms with Gasteiger partial charge in [0.15, 0.2) is 0 Å². The Hall–Kier alpha value is -2.70. The summed E-state index contributed by atoms with van der Waals surface area (Å²) in [4.78, 5) is 25.7. The van der Waals surface area contributed by atoms with Gasteiger partial charge in [0.25, 0.3) is 11.3 Å². The van der Waals surface area contributed by atoms with Crippen LogP contribution in [0.15, 0.2) is 29.2 Å². The van der Waals surface area contributed by atoms with Gasteiger partial charge in [-0.3, -0.25) is 14.5 Å². The number of aromatic nitrogens is 5. The van der Waals surface area contributed by atoms with Crippen LogP contribution in [0.25, 0.3) is 5.78 Å². The van der Waals surface area contributed by atoms with Crippen molar-refractivity contribution in [2.75, 3.05) is 7.11 Å². The molecule has 0 amide bonds.